The van der Waals surface area contributed by atoms with Gasteiger partial charge in [-0.3, -0.25) is 24.6 Å². The summed E-state index contributed by atoms with van der Waals surface area (Å²) in [4.78, 5) is 40.9. The van der Waals surface area contributed by atoms with Crippen LogP contribution in [0.5, 0.6) is 0 Å². The molecule has 2 aromatic rings. The number of nitrogens with zero attached hydrogens (tertiary/aromatic N) is 2. The average molecular weight is 415 g/mol. The summed E-state index contributed by atoms with van der Waals surface area (Å²) >= 11 is 0. The normalized spacial score (nSPS) is 21.0. The average Bonchev–Trinajstić information content (AvgIpc) is 2.52. The van der Waals surface area contributed by atoms with Crippen molar-refractivity contribution in [3.05, 3.63) is 48.5 Å². The molecule has 25 heavy (non-hydrogen) atoms. The molecule has 0 amide bonds. The monoisotopic (exact) mass is 414 g/mol. The van der Waals surface area contributed by atoms with Crippen molar-refractivity contribution in [1.82, 2.24) is 14.9 Å². The predicted molar refractivity (Wildman–Crippen MR) is 97.5 cm³/mol. The Morgan fingerprint density at radius 2 is 1.80 bits per heavy atom. The fraction of sp³-hybridized carbons (Fsp3) is 0.467. The molecule has 136 valence electrons. The Kier molecular flexibility index (Phi) is 5.76. The van der Waals surface area contributed by atoms with Crippen LogP contribution >= 0.6 is 17.0 Å². The van der Waals surface area contributed by atoms with E-state index in [-0.39, 0.29) is 40.3 Å². The number of aromatic amines is 2. The van der Waals surface area contributed by atoms with Crippen LogP contribution in [0.15, 0.2) is 21.7 Å². The fourth-order valence-electron chi connectivity index (χ4n) is 3.05. The molecule has 1 aromatic carbocycles. The van der Waals surface area contributed by atoms with Gasteiger partial charge in [-0.2, -0.15) is 0 Å². The summed E-state index contributed by atoms with van der Waals surface area (Å²) < 4.78 is 5.49. The van der Waals surface area contributed by atoms with Gasteiger partial charge in [0.15, 0.2) is 0 Å². The van der Waals surface area contributed by atoms with Crippen molar-refractivity contribution in [3.63, 3.8) is 0 Å². The number of non-ortho nitro benzene ring substituents is 1. The first kappa shape index (κ1) is 19.3. The largest absolute Gasteiger partial charge is 0.378 e. The topological polar surface area (TPSA) is 121 Å². The molecule has 1 aliphatic rings. The van der Waals surface area contributed by atoms with Crippen molar-refractivity contribution < 1.29 is 9.66 Å². The number of H-pyrrole nitrogens is 2. The van der Waals surface area contributed by atoms with E-state index in [1.807, 2.05) is 13.8 Å². The van der Waals surface area contributed by atoms with E-state index in [4.69, 9.17) is 4.74 Å². The summed E-state index contributed by atoms with van der Waals surface area (Å²) in [5.74, 6) is 0. The number of morpholine rings is 1. The quantitative estimate of drug-likeness (QED) is 0.443. The number of ether oxygens (including phenoxy) is 1. The molecule has 2 atom stereocenters. The van der Waals surface area contributed by atoms with E-state index in [2.05, 4.69) is 14.9 Å². The van der Waals surface area contributed by atoms with Gasteiger partial charge in [-0.05, 0) is 19.4 Å². The number of benzene rings is 1. The molecular formula is C15H19BrN4O5. The van der Waals surface area contributed by atoms with E-state index in [1.54, 1.807) is 0 Å². The van der Waals surface area contributed by atoms with Crippen LogP contribution in [-0.2, 0) is 11.3 Å². The number of hydrogen-bond acceptors (Lipinski definition) is 6. The molecule has 2 unspecified atom stereocenters. The third-order valence-electron chi connectivity index (χ3n) is 4.31. The number of halogens is 1. The molecule has 0 radical (unpaired) electrons. The van der Waals surface area contributed by atoms with Crippen molar-refractivity contribution in [1.29, 1.82) is 0 Å². The summed E-state index contributed by atoms with van der Waals surface area (Å²) in [5.41, 5.74) is -0.488. The number of aromatic nitrogens is 2. The third-order valence-corrected chi connectivity index (χ3v) is 4.31. The van der Waals surface area contributed by atoms with Crippen LogP contribution in [0.2, 0.25) is 0 Å². The van der Waals surface area contributed by atoms with Gasteiger partial charge in [0.05, 0.1) is 29.2 Å². The number of fused-ring (bicyclic) bond motifs is 1. The summed E-state index contributed by atoms with van der Waals surface area (Å²) in [6.45, 7) is 5.58. The number of nitro benzene ring substituents is 1. The molecule has 1 aliphatic heterocycles. The second-order valence-electron chi connectivity index (χ2n) is 6.10. The maximum atomic E-state index is 11.7. The van der Waals surface area contributed by atoms with E-state index < -0.39 is 16.0 Å². The maximum Gasteiger partial charge on any atom is 0.314 e. The zero-order valence-electron chi connectivity index (χ0n) is 13.8. The molecule has 10 heteroatoms. The van der Waals surface area contributed by atoms with Gasteiger partial charge in [-0.1, -0.05) is 0 Å². The Balaban J connectivity index is 0.00000225. The lowest BCUT2D eigenvalue weighted by molar-refractivity contribution is -0.384. The molecule has 1 fully saturated rings. The maximum absolute atomic E-state index is 11.7. The third kappa shape index (κ3) is 3.80. The molecule has 2 heterocycles. The molecule has 9 nitrogen and oxygen atoms in total. The Hall–Kier alpha value is -2.04. The predicted octanol–water partition coefficient (Wildman–Crippen LogP) is 1.31. The summed E-state index contributed by atoms with van der Waals surface area (Å²) in [6.07, 6.45) is 0. The Bertz CT molecular complexity index is 899. The van der Waals surface area contributed by atoms with Crippen molar-refractivity contribution >= 4 is 33.7 Å². The molecule has 0 bridgehead atoms. The molecular weight excluding hydrogens is 396 g/mol. The molecule has 0 spiro atoms. The van der Waals surface area contributed by atoms with Crippen LogP contribution in [0.3, 0.4) is 0 Å². The smallest absolute Gasteiger partial charge is 0.314 e. The zero-order valence-corrected chi connectivity index (χ0v) is 15.5. The molecule has 3 rings (SSSR count). The van der Waals surface area contributed by atoms with Gasteiger partial charge < -0.3 is 14.7 Å². The molecule has 0 saturated carbocycles. The standard InChI is InChI=1S/C15H18N4O5.BrH/c1-8-6-24-7-9(2)18(8)5-10-3-11(19(22)23)4-12-13(10)17-15(21)14(20)16-12;/h3-4,8-9H,5-7H2,1-2H3,(H,16,20)(H,17,21);1H. The number of hydrogen-bond donors (Lipinski definition) is 2. The van der Waals surface area contributed by atoms with Crippen LogP contribution in [0.4, 0.5) is 5.69 Å². The van der Waals surface area contributed by atoms with E-state index in [9.17, 15) is 19.7 Å². The second-order valence-corrected chi connectivity index (χ2v) is 6.10. The molecule has 1 aromatic heterocycles. The summed E-state index contributed by atoms with van der Waals surface area (Å²) in [5, 5.41) is 11.2. The van der Waals surface area contributed by atoms with Gasteiger partial charge in [-0.15, -0.1) is 17.0 Å². The van der Waals surface area contributed by atoms with Gasteiger partial charge in [0.1, 0.15) is 0 Å². The highest BCUT2D eigenvalue weighted by Crippen LogP contribution is 2.25. The van der Waals surface area contributed by atoms with Gasteiger partial charge in [0, 0.05) is 30.8 Å². The van der Waals surface area contributed by atoms with E-state index in [0.717, 1.165) is 0 Å². The minimum absolute atomic E-state index is 0. The van der Waals surface area contributed by atoms with Crippen LogP contribution in [0.25, 0.3) is 11.0 Å². The number of nitrogens with one attached hydrogen (secondary N) is 2. The van der Waals surface area contributed by atoms with Crippen LogP contribution < -0.4 is 11.1 Å². The van der Waals surface area contributed by atoms with Crippen LogP contribution in [0.1, 0.15) is 19.4 Å². The molecule has 2 N–H and O–H groups in total. The van der Waals surface area contributed by atoms with Crippen molar-refractivity contribution in [2.24, 2.45) is 0 Å². The summed E-state index contributed by atoms with van der Waals surface area (Å²) in [6, 6.07) is 2.96. The summed E-state index contributed by atoms with van der Waals surface area (Å²) in [7, 11) is 0. The highest BCUT2D eigenvalue weighted by atomic mass is 79.9. The lowest BCUT2D eigenvalue weighted by Crippen LogP contribution is -2.48. The molecule has 1 saturated heterocycles. The molecule has 0 aliphatic carbocycles. The van der Waals surface area contributed by atoms with Gasteiger partial charge >= 0.3 is 11.1 Å². The van der Waals surface area contributed by atoms with E-state index in [0.29, 0.717) is 30.8 Å². The van der Waals surface area contributed by atoms with Crippen molar-refractivity contribution in [2.75, 3.05) is 13.2 Å². The highest BCUT2D eigenvalue weighted by Gasteiger charge is 2.26. The Morgan fingerprint density at radius 3 is 2.40 bits per heavy atom. The first-order valence-electron chi connectivity index (χ1n) is 7.64. The first-order valence-corrected chi connectivity index (χ1v) is 7.64. The Morgan fingerprint density at radius 1 is 1.20 bits per heavy atom. The zero-order chi connectivity index (χ0) is 17.4. The van der Waals surface area contributed by atoms with Gasteiger partial charge in [0.25, 0.3) is 5.69 Å². The van der Waals surface area contributed by atoms with Gasteiger partial charge in [-0.25, -0.2) is 0 Å². The van der Waals surface area contributed by atoms with E-state index >= 15 is 0 Å². The lowest BCUT2D eigenvalue weighted by atomic mass is 10.1. The Labute approximate surface area is 152 Å². The van der Waals surface area contributed by atoms with Crippen molar-refractivity contribution in [3.8, 4) is 0 Å². The van der Waals surface area contributed by atoms with E-state index in [1.165, 1.54) is 12.1 Å². The number of rotatable bonds is 3. The van der Waals surface area contributed by atoms with Crippen LogP contribution in [-0.4, -0.2) is 45.1 Å². The number of nitro groups is 1. The highest BCUT2D eigenvalue weighted by molar-refractivity contribution is 8.93. The minimum atomic E-state index is -0.831. The van der Waals surface area contributed by atoms with Crippen molar-refractivity contribution in [2.45, 2.75) is 32.5 Å². The minimum Gasteiger partial charge on any atom is -0.378 e. The van der Waals surface area contributed by atoms with Crippen LogP contribution in [0, 0.1) is 10.1 Å². The second kappa shape index (κ2) is 7.46. The lowest BCUT2D eigenvalue weighted by Gasteiger charge is -2.38. The van der Waals surface area contributed by atoms with Gasteiger partial charge in [0.2, 0.25) is 0 Å². The first-order chi connectivity index (χ1) is 11.4. The SMILES string of the molecule is Br.CC1COCC(C)N1Cc1cc([N+](=O)[O-])cc2[nH]c(=O)c(=O)[nH]c12. The fourth-order valence-corrected chi connectivity index (χ4v) is 3.05.